The van der Waals surface area contributed by atoms with Crippen molar-refractivity contribution in [1.29, 1.82) is 0 Å². The zero-order valence-electron chi connectivity index (χ0n) is 11.1. The monoisotopic (exact) mass is 267 g/mol. The van der Waals surface area contributed by atoms with Crippen LogP contribution in [0.3, 0.4) is 0 Å². The smallest absolute Gasteiger partial charge is 0.143 e. The molecule has 1 atom stereocenters. The van der Waals surface area contributed by atoms with E-state index in [1.165, 1.54) is 0 Å². The summed E-state index contributed by atoms with van der Waals surface area (Å²) in [7, 11) is 0. The van der Waals surface area contributed by atoms with E-state index in [2.05, 4.69) is 25.0 Å². The van der Waals surface area contributed by atoms with Crippen molar-refractivity contribution >= 4 is 0 Å². The Morgan fingerprint density at radius 1 is 1.16 bits per heavy atom. The molecule has 3 heterocycles. The second kappa shape index (κ2) is 6.42. The van der Waals surface area contributed by atoms with Gasteiger partial charge in [0.25, 0.3) is 0 Å². The van der Waals surface area contributed by atoms with Gasteiger partial charge < -0.3 is 9.47 Å². The molecular weight excluding hydrogens is 246 g/mol. The fourth-order valence-electron chi connectivity index (χ4n) is 2.63. The van der Waals surface area contributed by atoms with Crippen LogP contribution in [0.1, 0.15) is 11.9 Å². The Morgan fingerprint density at radius 3 is 2.79 bits per heavy atom. The first-order chi connectivity index (χ1) is 9.43. The van der Waals surface area contributed by atoms with Crippen molar-refractivity contribution in [3.05, 3.63) is 12.2 Å². The Hall–Kier alpha value is -1.02. The second-order valence-corrected chi connectivity index (χ2v) is 4.95. The van der Waals surface area contributed by atoms with Gasteiger partial charge in [0.05, 0.1) is 32.5 Å². The zero-order valence-corrected chi connectivity index (χ0v) is 11.1. The molecule has 0 aromatic carbocycles. The molecule has 1 aromatic heterocycles. The lowest BCUT2D eigenvalue weighted by Crippen LogP contribution is -2.46. The van der Waals surface area contributed by atoms with Crippen LogP contribution >= 0.6 is 0 Å². The summed E-state index contributed by atoms with van der Waals surface area (Å²) in [5, 5.41) is 6.89. The lowest BCUT2D eigenvalue weighted by atomic mass is 10.2. The summed E-state index contributed by atoms with van der Waals surface area (Å²) in [4.78, 5) is 9.15. The maximum absolute atomic E-state index is 5.56. The minimum absolute atomic E-state index is 0.206. The third-order valence-corrected chi connectivity index (χ3v) is 3.80. The number of nitrogens with one attached hydrogen (secondary N) is 1. The van der Waals surface area contributed by atoms with Crippen LogP contribution in [0.15, 0.2) is 6.33 Å². The van der Waals surface area contributed by atoms with Gasteiger partial charge in [0.15, 0.2) is 0 Å². The molecule has 0 spiro atoms. The van der Waals surface area contributed by atoms with E-state index in [1.807, 2.05) is 0 Å². The zero-order chi connectivity index (χ0) is 12.9. The Morgan fingerprint density at radius 2 is 2.00 bits per heavy atom. The van der Waals surface area contributed by atoms with Gasteiger partial charge in [0.1, 0.15) is 12.2 Å². The predicted molar refractivity (Wildman–Crippen MR) is 68.8 cm³/mol. The minimum Gasteiger partial charge on any atom is -0.379 e. The number of ether oxygens (including phenoxy) is 2. The van der Waals surface area contributed by atoms with Crippen molar-refractivity contribution in [2.75, 3.05) is 59.2 Å². The topological polar surface area (TPSA) is 66.5 Å². The van der Waals surface area contributed by atoms with E-state index in [9.17, 15) is 0 Å². The van der Waals surface area contributed by atoms with Crippen LogP contribution in [0.4, 0.5) is 0 Å². The highest BCUT2D eigenvalue weighted by Gasteiger charge is 2.27. The normalized spacial score (nSPS) is 26.6. The molecule has 19 heavy (non-hydrogen) atoms. The molecule has 0 aliphatic carbocycles. The highest BCUT2D eigenvalue weighted by Crippen LogP contribution is 2.20. The standard InChI is InChI=1S/C12H21N5O2/c1(16-3-6-18-7-4-16)2-17-5-8-19-9-11(17)12-13-10-14-15-12/h10-11H,1-9H2,(H,13,14,15). The van der Waals surface area contributed by atoms with Crippen LogP contribution in [0, 0.1) is 0 Å². The molecule has 0 saturated carbocycles. The summed E-state index contributed by atoms with van der Waals surface area (Å²) in [6.07, 6.45) is 1.56. The van der Waals surface area contributed by atoms with Crippen LogP contribution in [0.2, 0.25) is 0 Å². The highest BCUT2D eigenvalue weighted by atomic mass is 16.5. The number of rotatable bonds is 4. The lowest BCUT2D eigenvalue weighted by Gasteiger charge is -2.36. The molecule has 1 N–H and O–H groups in total. The molecular formula is C12H21N5O2. The van der Waals surface area contributed by atoms with Gasteiger partial charge in [-0.25, -0.2) is 4.98 Å². The molecule has 3 rings (SSSR count). The molecule has 1 aromatic rings. The average molecular weight is 267 g/mol. The Kier molecular flexibility index (Phi) is 4.39. The lowest BCUT2D eigenvalue weighted by molar-refractivity contribution is -0.0219. The Bertz CT molecular complexity index is 366. The number of hydrogen-bond acceptors (Lipinski definition) is 6. The molecule has 2 fully saturated rings. The Balaban J connectivity index is 1.55. The highest BCUT2D eigenvalue weighted by molar-refractivity contribution is 4.94. The first-order valence-electron chi connectivity index (χ1n) is 6.90. The molecule has 0 bridgehead atoms. The van der Waals surface area contributed by atoms with Crippen LogP contribution in [-0.2, 0) is 9.47 Å². The van der Waals surface area contributed by atoms with Crippen molar-refractivity contribution in [2.24, 2.45) is 0 Å². The van der Waals surface area contributed by atoms with Crippen molar-refractivity contribution in [1.82, 2.24) is 25.0 Å². The molecule has 2 saturated heterocycles. The summed E-state index contributed by atoms with van der Waals surface area (Å²) >= 11 is 0. The van der Waals surface area contributed by atoms with Crippen molar-refractivity contribution in [3.8, 4) is 0 Å². The first kappa shape index (κ1) is 13.0. The fourth-order valence-corrected chi connectivity index (χ4v) is 2.63. The molecule has 1 unspecified atom stereocenters. The summed E-state index contributed by atoms with van der Waals surface area (Å²) in [5.74, 6) is 0.904. The fraction of sp³-hybridized carbons (Fsp3) is 0.833. The number of nitrogens with zero attached hydrogens (tertiary/aromatic N) is 4. The molecule has 7 heteroatoms. The van der Waals surface area contributed by atoms with Crippen molar-refractivity contribution in [3.63, 3.8) is 0 Å². The van der Waals surface area contributed by atoms with Crippen LogP contribution in [-0.4, -0.2) is 84.1 Å². The number of hydrogen-bond donors (Lipinski definition) is 1. The third-order valence-electron chi connectivity index (χ3n) is 3.80. The molecule has 2 aliphatic heterocycles. The van der Waals surface area contributed by atoms with Crippen molar-refractivity contribution in [2.45, 2.75) is 6.04 Å². The molecule has 0 radical (unpaired) electrons. The summed E-state index contributed by atoms with van der Waals surface area (Å²) < 4.78 is 10.9. The summed E-state index contributed by atoms with van der Waals surface area (Å²) in [6.45, 7) is 8.35. The van der Waals surface area contributed by atoms with E-state index in [0.29, 0.717) is 6.61 Å². The first-order valence-corrected chi connectivity index (χ1v) is 6.90. The van der Waals surface area contributed by atoms with Crippen LogP contribution in [0.5, 0.6) is 0 Å². The van der Waals surface area contributed by atoms with Crippen LogP contribution in [0.25, 0.3) is 0 Å². The second-order valence-electron chi connectivity index (χ2n) is 4.95. The van der Waals surface area contributed by atoms with Crippen LogP contribution < -0.4 is 0 Å². The molecule has 0 amide bonds. The van der Waals surface area contributed by atoms with Gasteiger partial charge in [-0.1, -0.05) is 0 Å². The van der Waals surface area contributed by atoms with Gasteiger partial charge in [0.2, 0.25) is 0 Å². The SMILES string of the molecule is c1n[nH]c(C2COCCN2CCN2CCOCC2)n1. The van der Waals surface area contributed by atoms with E-state index in [1.54, 1.807) is 6.33 Å². The van der Waals surface area contributed by atoms with Gasteiger partial charge >= 0.3 is 0 Å². The number of H-pyrrole nitrogens is 1. The number of aromatic nitrogens is 3. The van der Waals surface area contributed by atoms with Gasteiger partial charge in [-0.3, -0.25) is 14.9 Å². The van der Waals surface area contributed by atoms with Crippen molar-refractivity contribution < 1.29 is 9.47 Å². The third kappa shape index (κ3) is 3.30. The maximum atomic E-state index is 5.56. The van der Waals surface area contributed by atoms with E-state index in [-0.39, 0.29) is 6.04 Å². The number of morpholine rings is 2. The van der Waals surface area contributed by atoms with Gasteiger partial charge in [-0.15, -0.1) is 0 Å². The minimum atomic E-state index is 0.206. The van der Waals surface area contributed by atoms with E-state index < -0.39 is 0 Å². The largest absolute Gasteiger partial charge is 0.379 e. The summed E-state index contributed by atoms with van der Waals surface area (Å²) in [5.41, 5.74) is 0. The predicted octanol–water partition coefficient (Wildman–Crippen LogP) is -0.490. The molecule has 106 valence electrons. The van der Waals surface area contributed by atoms with E-state index in [4.69, 9.17) is 9.47 Å². The van der Waals surface area contributed by atoms with E-state index >= 15 is 0 Å². The Labute approximate surface area is 112 Å². The molecule has 2 aliphatic rings. The maximum Gasteiger partial charge on any atom is 0.143 e. The van der Waals surface area contributed by atoms with Gasteiger partial charge in [-0.05, 0) is 0 Å². The quantitative estimate of drug-likeness (QED) is 0.794. The number of aromatic amines is 1. The summed E-state index contributed by atoms with van der Waals surface area (Å²) in [6, 6.07) is 0.206. The van der Waals surface area contributed by atoms with Gasteiger partial charge in [0, 0.05) is 32.7 Å². The average Bonchev–Trinajstić information content (AvgIpc) is 3.01. The van der Waals surface area contributed by atoms with E-state index in [0.717, 1.165) is 58.4 Å². The van der Waals surface area contributed by atoms with Gasteiger partial charge in [-0.2, -0.15) is 5.10 Å². The molecule has 7 nitrogen and oxygen atoms in total.